The van der Waals surface area contributed by atoms with Crippen molar-refractivity contribution in [2.24, 2.45) is 10.7 Å². The van der Waals surface area contributed by atoms with Gasteiger partial charge in [-0.25, -0.2) is 0 Å². The summed E-state index contributed by atoms with van der Waals surface area (Å²) < 4.78 is 0. The van der Waals surface area contributed by atoms with Crippen LogP contribution in [-0.2, 0) is 6.42 Å². The Morgan fingerprint density at radius 2 is 1.86 bits per heavy atom. The topological polar surface area (TPSA) is 70.6 Å². The number of hydrogen-bond acceptors (Lipinski definition) is 2. The van der Waals surface area contributed by atoms with E-state index in [9.17, 15) is 5.11 Å². The van der Waals surface area contributed by atoms with Gasteiger partial charge in [-0.05, 0) is 37.0 Å². The summed E-state index contributed by atoms with van der Waals surface area (Å²) in [4.78, 5) is 4.31. The first kappa shape index (κ1) is 20.0. The van der Waals surface area contributed by atoms with Crippen LogP contribution >= 0.6 is 24.0 Å². The summed E-state index contributed by atoms with van der Waals surface area (Å²) in [6.07, 6.45) is 6.85. The number of phenols is 1. The molecule has 0 bridgehead atoms. The Bertz CT molecular complexity index is 393. The number of aryl methyl sites for hydroxylation is 1. The number of guanidine groups is 1. The lowest BCUT2D eigenvalue weighted by Gasteiger charge is -2.05. The molecule has 0 saturated heterocycles. The van der Waals surface area contributed by atoms with Crippen LogP contribution in [0.25, 0.3) is 0 Å². The van der Waals surface area contributed by atoms with E-state index < -0.39 is 0 Å². The molecule has 0 unspecified atom stereocenters. The highest BCUT2D eigenvalue weighted by molar-refractivity contribution is 14.0. The number of phenolic OH excluding ortho intramolecular Hbond substituents is 1. The van der Waals surface area contributed by atoms with Crippen LogP contribution in [0.5, 0.6) is 5.75 Å². The van der Waals surface area contributed by atoms with Gasteiger partial charge in [0.25, 0.3) is 0 Å². The molecule has 4 N–H and O–H groups in total. The molecule has 1 aromatic carbocycles. The molecule has 5 heteroatoms. The van der Waals surface area contributed by atoms with Gasteiger partial charge in [-0.15, -0.1) is 24.0 Å². The van der Waals surface area contributed by atoms with E-state index in [2.05, 4.69) is 17.2 Å². The summed E-state index contributed by atoms with van der Waals surface area (Å²) in [5, 5.41) is 12.3. The molecule has 0 saturated carbocycles. The third-order valence-corrected chi connectivity index (χ3v) is 3.18. The monoisotopic (exact) mass is 405 g/mol. The number of nitrogens with zero attached hydrogens (tertiary/aromatic N) is 1. The third-order valence-electron chi connectivity index (χ3n) is 3.18. The second-order valence-electron chi connectivity index (χ2n) is 5.02. The van der Waals surface area contributed by atoms with Gasteiger partial charge in [0.05, 0.1) is 0 Å². The van der Waals surface area contributed by atoms with Gasteiger partial charge in [-0.1, -0.05) is 38.3 Å². The molecule has 0 atom stereocenters. The Kier molecular flexibility index (Phi) is 12.1. The number of hydrogen-bond donors (Lipinski definition) is 3. The van der Waals surface area contributed by atoms with Crippen LogP contribution in [-0.4, -0.2) is 24.2 Å². The zero-order chi connectivity index (χ0) is 14.6. The second-order valence-corrected chi connectivity index (χ2v) is 5.02. The second kappa shape index (κ2) is 12.7. The van der Waals surface area contributed by atoms with E-state index in [4.69, 9.17) is 5.73 Å². The first-order valence-electron chi connectivity index (χ1n) is 7.54. The number of benzene rings is 1. The highest BCUT2D eigenvalue weighted by atomic mass is 127. The molecule has 0 aliphatic heterocycles. The molecule has 0 fully saturated rings. The molecule has 1 aromatic rings. The first-order valence-corrected chi connectivity index (χ1v) is 7.54. The van der Waals surface area contributed by atoms with Crippen LogP contribution in [0.4, 0.5) is 0 Å². The van der Waals surface area contributed by atoms with Gasteiger partial charge in [0.15, 0.2) is 5.96 Å². The van der Waals surface area contributed by atoms with E-state index in [-0.39, 0.29) is 24.0 Å². The van der Waals surface area contributed by atoms with Gasteiger partial charge in [0.2, 0.25) is 0 Å². The van der Waals surface area contributed by atoms with Crippen LogP contribution in [0.2, 0.25) is 0 Å². The summed E-state index contributed by atoms with van der Waals surface area (Å²) >= 11 is 0. The lowest BCUT2D eigenvalue weighted by Crippen LogP contribution is -2.32. The molecular formula is C16H28IN3O. The first-order chi connectivity index (χ1) is 9.72. The summed E-state index contributed by atoms with van der Waals surface area (Å²) in [6, 6.07) is 7.30. The highest BCUT2D eigenvalue weighted by Crippen LogP contribution is 2.10. The van der Waals surface area contributed by atoms with Crippen molar-refractivity contribution in [3.8, 4) is 5.75 Å². The molecule has 0 spiro atoms. The minimum atomic E-state index is 0. The van der Waals surface area contributed by atoms with Gasteiger partial charge in [-0.3, -0.25) is 4.99 Å². The minimum Gasteiger partial charge on any atom is -0.508 e. The van der Waals surface area contributed by atoms with Gasteiger partial charge < -0.3 is 16.2 Å². The summed E-state index contributed by atoms with van der Waals surface area (Å²) in [6.45, 7) is 3.85. The number of rotatable bonds is 9. The molecule has 0 aliphatic carbocycles. The molecule has 0 aromatic heterocycles. The molecule has 0 amide bonds. The van der Waals surface area contributed by atoms with Crippen LogP contribution in [0, 0.1) is 0 Å². The Morgan fingerprint density at radius 1 is 1.14 bits per heavy atom. The van der Waals surface area contributed by atoms with Gasteiger partial charge >= 0.3 is 0 Å². The number of halogens is 1. The van der Waals surface area contributed by atoms with E-state index in [1.54, 1.807) is 12.1 Å². The Hall–Kier alpha value is -0.980. The average molecular weight is 405 g/mol. The Balaban J connectivity index is 0.00000400. The van der Waals surface area contributed by atoms with Gasteiger partial charge in [0, 0.05) is 13.1 Å². The lowest BCUT2D eigenvalue weighted by atomic mass is 10.1. The van der Waals surface area contributed by atoms with Gasteiger partial charge in [0.1, 0.15) is 5.75 Å². The van der Waals surface area contributed by atoms with E-state index >= 15 is 0 Å². The molecule has 1 rings (SSSR count). The zero-order valence-electron chi connectivity index (χ0n) is 12.8. The summed E-state index contributed by atoms with van der Waals surface area (Å²) in [7, 11) is 0. The molecule has 0 radical (unpaired) electrons. The minimum absolute atomic E-state index is 0. The van der Waals surface area contributed by atoms with Crippen molar-refractivity contribution in [2.75, 3.05) is 13.1 Å². The fourth-order valence-electron chi connectivity index (χ4n) is 1.97. The number of nitrogens with one attached hydrogen (secondary N) is 1. The van der Waals surface area contributed by atoms with Crippen molar-refractivity contribution in [1.29, 1.82) is 0 Å². The van der Waals surface area contributed by atoms with Gasteiger partial charge in [-0.2, -0.15) is 0 Å². The number of aliphatic imine (C=N–C) groups is 1. The molecule has 21 heavy (non-hydrogen) atoms. The molecule has 4 nitrogen and oxygen atoms in total. The fraction of sp³-hybridized carbons (Fsp3) is 0.562. The normalized spacial score (nSPS) is 11.0. The maximum Gasteiger partial charge on any atom is 0.188 e. The highest BCUT2D eigenvalue weighted by Gasteiger charge is 1.95. The van der Waals surface area contributed by atoms with E-state index in [0.29, 0.717) is 11.7 Å². The van der Waals surface area contributed by atoms with Crippen LogP contribution < -0.4 is 11.1 Å². The lowest BCUT2D eigenvalue weighted by molar-refractivity contribution is 0.475. The third kappa shape index (κ3) is 10.4. The quantitative estimate of drug-likeness (QED) is 0.255. The van der Waals surface area contributed by atoms with E-state index in [0.717, 1.165) is 32.4 Å². The van der Waals surface area contributed by atoms with Crippen LogP contribution in [0.3, 0.4) is 0 Å². The van der Waals surface area contributed by atoms with Crippen LogP contribution in [0.1, 0.15) is 44.6 Å². The van der Waals surface area contributed by atoms with Crippen molar-refractivity contribution in [3.63, 3.8) is 0 Å². The van der Waals surface area contributed by atoms with Crippen LogP contribution in [0.15, 0.2) is 29.3 Å². The molecule has 120 valence electrons. The summed E-state index contributed by atoms with van der Waals surface area (Å²) in [5.74, 6) is 0.857. The fourth-order valence-corrected chi connectivity index (χ4v) is 1.97. The predicted molar refractivity (Wildman–Crippen MR) is 100 cm³/mol. The Labute approximate surface area is 145 Å². The maximum absolute atomic E-state index is 9.19. The molecule has 0 aliphatic rings. The van der Waals surface area contributed by atoms with Crippen molar-refractivity contribution in [2.45, 2.75) is 45.4 Å². The van der Waals surface area contributed by atoms with Crippen molar-refractivity contribution in [1.82, 2.24) is 5.32 Å². The predicted octanol–water partition coefficient (Wildman–Crippen LogP) is 3.43. The SMILES string of the molecule is CCCCCCNC(N)=NCCCc1ccc(O)cc1.I. The average Bonchev–Trinajstić information content (AvgIpc) is 2.45. The smallest absolute Gasteiger partial charge is 0.188 e. The zero-order valence-corrected chi connectivity index (χ0v) is 15.2. The van der Waals surface area contributed by atoms with E-state index in [1.807, 2.05) is 12.1 Å². The number of nitrogens with two attached hydrogens (primary N) is 1. The summed E-state index contributed by atoms with van der Waals surface area (Å²) in [5.41, 5.74) is 7.01. The number of aromatic hydroxyl groups is 1. The molecule has 0 heterocycles. The van der Waals surface area contributed by atoms with Crippen molar-refractivity contribution in [3.05, 3.63) is 29.8 Å². The van der Waals surface area contributed by atoms with E-state index in [1.165, 1.54) is 24.8 Å². The standard InChI is InChI=1S/C16H27N3O.HI/c1-2-3-4-5-12-18-16(17)19-13-6-7-14-8-10-15(20)11-9-14;/h8-11,20H,2-7,12-13H2,1H3,(H3,17,18,19);1H. The maximum atomic E-state index is 9.19. The molecular weight excluding hydrogens is 377 g/mol. The van der Waals surface area contributed by atoms with Crippen molar-refractivity contribution < 1.29 is 5.11 Å². The van der Waals surface area contributed by atoms with Crippen molar-refractivity contribution >= 4 is 29.9 Å². The Morgan fingerprint density at radius 3 is 2.52 bits per heavy atom. The number of unbranched alkanes of at least 4 members (excludes halogenated alkanes) is 3. The largest absolute Gasteiger partial charge is 0.508 e.